The second kappa shape index (κ2) is 8.04. The molecule has 3 fully saturated rings. The topological polar surface area (TPSA) is 53.1 Å². The quantitative estimate of drug-likeness (QED) is 0.692. The van der Waals surface area contributed by atoms with Gasteiger partial charge in [-0.2, -0.15) is 0 Å². The number of hydrogen-bond acceptors (Lipinski definition) is 4. The van der Waals surface area contributed by atoms with Gasteiger partial charge in [0.25, 0.3) is 0 Å². The lowest BCUT2D eigenvalue weighted by atomic mass is 9.77. The summed E-state index contributed by atoms with van der Waals surface area (Å²) >= 11 is 0. The number of rotatable bonds is 7. The first kappa shape index (κ1) is 18.6. The molecular formula is C19H33N3O3. The van der Waals surface area contributed by atoms with Gasteiger partial charge in [0.1, 0.15) is 0 Å². The minimum atomic E-state index is -0.303. The number of methoxy groups -OCH3 is 1. The molecule has 1 spiro atoms. The van der Waals surface area contributed by atoms with Crippen LogP contribution in [0, 0.1) is 11.3 Å². The number of hydrogen-bond donors (Lipinski definition) is 0. The van der Waals surface area contributed by atoms with Gasteiger partial charge in [-0.15, -0.1) is 0 Å². The molecule has 0 aromatic carbocycles. The molecule has 25 heavy (non-hydrogen) atoms. The van der Waals surface area contributed by atoms with Gasteiger partial charge < -0.3 is 14.5 Å². The first-order valence-electron chi connectivity index (χ1n) is 9.79. The first-order chi connectivity index (χ1) is 12.0. The molecule has 2 amide bonds. The number of likely N-dealkylation sites (tertiary alicyclic amines) is 2. The summed E-state index contributed by atoms with van der Waals surface area (Å²) < 4.78 is 5.06. The van der Waals surface area contributed by atoms with E-state index in [1.807, 2.05) is 16.8 Å². The van der Waals surface area contributed by atoms with Crippen molar-refractivity contribution in [3.8, 4) is 0 Å². The second-order valence-corrected chi connectivity index (χ2v) is 8.23. The van der Waals surface area contributed by atoms with Gasteiger partial charge in [-0.1, -0.05) is 6.42 Å². The SMILES string of the molecule is COCCN(C)CC(=O)N1CCC2(CCCN(CC3CCC3)C2=O)C1. The molecule has 1 unspecified atom stereocenters. The molecule has 1 atom stereocenters. The highest BCUT2D eigenvalue weighted by Crippen LogP contribution is 2.41. The Morgan fingerprint density at radius 1 is 1.28 bits per heavy atom. The van der Waals surface area contributed by atoms with E-state index in [1.165, 1.54) is 19.3 Å². The Morgan fingerprint density at radius 3 is 2.76 bits per heavy atom. The van der Waals surface area contributed by atoms with Gasteiger partial charge in [0.2, 0.25) is 11.8 Å². The summed E-state index contributed by atoms with van der Waals surface area (Å²) in [5.74, 6) is 1.17. The highest BCUT2D eigenvalue weighted by Gasteiger charge is 2.49. The average molecular weight is 351 g/mol. The monoisotopic (exact) mass is 351 g/mol. The van der Waals surface area contributed by atoms with Gasteiger partial charge >= 0.3 is 0 Å². The number of nitrogens with zero attached hydrogens (tertiary/aromatic N) is 3. The smallest absolute Gasteiger partial charge is 0.236 e. The summed E-state index contributed by atoms with van der Waals surface area (Å²) in [4.78, 5) is 31.7. The Morgan fingerprint density at radius 2 is 2.08 bits per heavy atom. The van der Waals surface area contributed by atoms with Crippen molar-refractivity contribution in [1.82, 2.24) is 14.7 Å². The third-order valence-corrected chi connectivity index (χ3v) is 6.32. The number of ether oxygens (including phenoxy) is 1. The largest absolute Gasteiger partial charge is 0.383 e. The van der Waals surface area contributed by atoms with Gasteiger partial charge in [-0.3, -0.25) is 14.5 Å². The van der Waals surface area contributed by atoms with Crippen molar-refractivity contribution in [3.63, 3.8) is 0 Å². The first-order valence-corrected chi connectivity index (χ1v) is 9.79. The fraction of sp³-hybridized carbons (Fsp3) is 0.895. The summed E-state index contributed by atoms with van der Waals surface area (Å²) in [7, 11) is 3.61. The van der Waals surface area contributed by atoms with Crippen molar-refractivity contribution < 1.29 is 14.3 Å². The predicted molar refractivity (Wildman–Crippen MR) is 96.2 cm³/mol. The molecule has 0 radical (unpaired) electrons. The minimum absolute atomic E-state index is 0.138. The molecule has 3 aliphatic rings. The van der Waals surface area contributed by atoms with Crippen LogP contribution in [0.5, 0.6) is 0 Å². The lowest BCUT2D eigenvalue weighted by molar-refractivity contribution is -0.147. The molecule has 1 saturated carbocycles. The second-order valence-electron chi connectivity index (χ2n) is 8.23. The third kappa shape index (κ3) is 4.17. The molecule has 2 heterocycles. The van der Waals surface area contributed by atoms with Crippen LogP contribution in [0.3, 0.4) is 0 Å². The summed E-state index contributed by atoms with van der Waals surface area (Å²) in [6.07, 6.45) is 6.71. The van der Waals surface area contributed by atoms with Crippen molar-refractivity contribution in [2.75, 3.05) is 60.0 Å². The zero-order chi connectivity index (χ0) is 17.9. The molecular weight excluding hydrogens is 318 g/mol. The third-order valence-electron chi connectivity index (χ3n) is 6.32. The highest BCUT2D eigenvalue weighted by molar-refractivity contribution is 5.86. The van der Waals surface area contributed by atoms with E-state index < -0.39 is 0 Å². The van der Waals surface area contributed by atoms with Crippen molar-refractivity contribution in [2.45, 2.75) is 38.5 Å². The van der Waals surface area contributed by atoms with Gasteiger partial charge in [0, 0.05) is 39.8 Å². The molecule has 6 heteroatoms. The maximum atomic E-state index is 13.1. The van der Waals surface area contributed by atoms with E-state index in [2.05, 4.69) is 4.90 Å². The van der Waals surface area contributed by atoms with Gasteiger partial charge in [0.15, 0.2) is 0 Å². The van der Waals surface area contributed by atoms with Crippen molar-refractivity contribution in [2.24, 2.45) is 11.3 Å². The molecule has 3 rings (SSSR count). The molecule has 1 aliphatic carbocycles. The number of amides is 2. The number of piperidine rings is 1. The number of carbonyl (C=O) groups is 2. The van der Waals surface area contributed by atoms with Crippen LogP contribution in [0.15, 0.2) is 0 Å². The van der Waals surface area contributed by atoms with Crippen molar-refractivity contribution in [1.29, 1.82) is 0 Å². The maximum absolute atomic E-state index is 13.1. The summed E-state index contributed by atoms with van der Waals surface area (Å²) in [5.41, 5.74) is -0.303. The van der Waals surface area contributed by atoms with E-state index in [4.69, 9.17) is 4.74 Å². The van der Waals surface area contributed by atoms with Crippen LogP contribution in [0.1, 0.15) is 38.5 Å². The Kier molecular flexibility index (Phi) is 6.00. The van der Waals surface area contributed by atoms with Crippen LogP contribution in [0.25, 0.3) is 0 Å². The van der Waals surface area contributed by atoms with Crippen LogP contribution in [0.2, 0.25) is 0 Å². The summed E-state index contributed by atoms with van der Waals surface area (Å²) in [6, 6.07) is 0. The zero-order valence-corrected chi connectivity index (χ0v) is 15.8. The molecule has 0 aromatic heterocycles. The normalized spacial score (nSPS) is 27.4. The molecule has 0 aromatic rings. The van der Waals surface area contributed by atoms with E-state index in [9.17, 15) is 9.59 Å². The fourth-order valence-electron chi connectivity index (χ4n) is 4.43. The number of carbonyl (C=O) groups excluding carboxylic acids is 2. The molecule has 2 saturated heterocycles. The minimum Gasteiger partial charge on any atom is -0.383 e. The highest BCUT2D eigenvalue weighted by atomic mass is 16.5. The van der Waals surface area contributed by atoms with Gasteiger partial charge in [-0.25, -0.2) is 0 Å². The molecule has 2 aliphatic heterocycles. The van der Waals surface area contributed by atoms with Crippen LogP contribution in [-0.2, 0) is 14.3 Å². The van der Waals surface area contributed by atoms with E-state index in [0.29, 0.717) is 31.5 Å². The van der Waals surface area contributed by atoms with Crippen molar-refractivity contribution >= 4 is 11.8 Å². The lowest BCUT2D eigenvalue weighted by Gasteiger charge is -2.42. The summed E-state index contributed by atoms with van der Waals surface area (Å²) in [6.45, 7) is 4.96. The van der Waals surface area contributed by atoms with Crippen LogP contribution >= 0.6 is 0 Å². The molecule has 0 N–H and O–H groups in total. The Hall–Kier alpha value is -1.14. The van der Waals surface area contributed by atoms with E-state index in [-0.39, 0.29) is 11.3 Å². The molecule has 0 bridgehead atoms. The van der Waals surface area contributed by atoms with Gasteiger partial charge in [-0.05, 0) is 45.1 Å². The van der Waals surface area contributed by atoms with E-state index in [0.717, 1.165) is 45.4 Å². The van der Waals surface area contributed by atoms with Crippen LogP contribution < -0.4 is 0 Å². The summed E-state index contributed by atoms with van der Waals surface area (Å²) in [5, 5.41) is 0. The maximum Gasteiger partial charge on any atom is 0.236 e. The van der Waals surface area contributed by atoms with E-state index >= 15 is 0 Å². The Balaban J connectivity index is 1.54. The fourth-order valence-corrected chi connectivity index (χ4v) is 4.43. The zero-order valence-electron chi connectivity index (χ0n) is 15.8. The number of likely N-dealkylation sites (N-methyl/N-ethyl adjacent to an activating group) is 1. The predicted octanol–water partition coefficient (Wildman–Crippen LogP) is 1.21. The standard InChI is InChI=1S/C19H33N3O3/c1-20(11-12-25-2)14-17(23)22-10-8-19(15-22)7-4-9-21(18(19)24)13-16-5-3-6-16/h16H,3-15H2,1-2H3. The Bertz CT molecular complexity index is 494. The molecule has 142 valence electrons. The van der Waals surface area contributed by atoms with Gasteiger partial charge in [0.05, 0.1) is 18.6 Å². The van der Waals surface area contributed by atoms with Crippen LogP contribution in [-0.4, -0.2) is 86.5 Å². The van der Waals surface area contributed by atoms with E-state index in [1.54, 1.807) is 7.11 Å². The van der Waals surface area contributed by atoms with Crippen molar-refractivity contribution in [3.05, 3.63) is 0 Å². The van der Waals surface area contributed by atoms with Crippen LogP contribution in [0.4, 0.5) is 0 Å². The lowest BCUT2D eigenvalue weighted by Crippen LogP contribution is -2.52. The Labute approximate surface area is 151 Å². The average Bonchev–Trinajstić information content (AvgIpc) is 2.98. The molecule has 6 nitrogen and oxygen atoms in total.